The van der Waals surface area contributed by atoms with E-state index in [0.717, 1.165) is 0 Å². The summed E-state index contributed by atoms with van der Waals surface area (Å²) in [5.41, 5.74) is 0.479. The zero-order valence-electron chi connectivity index (χ0n) is 9.78. The summed E-state index contributed by atoms with van der Waals surface area (Å²) in [6.45, 7) is 6.34. The number of hydrogen-bond donors (Lipinski definition) is 0. The number of benzene rings is 1. The van der Waals surface area contributed by atoms with Crippen molar-refractivity contribution in [3.05, 3.63) is 46.5 Å². The number of nitro groups is 1. The summed E-state index contributed by atoms with van der Waals surface area (Å²) in [6.07, 6.45) is 1.22. The first-order chi connectivity index (χ1) is 7.17. The summed E-state index contributed by atoms with van der Waals surface area (Å²) in [4.78, 5) is 18.7. The van der Waals surface area contributed by atoms with E-state index in [9.17, 15) is 10.1 Å². The fourth-order valence-electron chi connectivity index (χ4n) is 0.795. The fraction of sp³-hybridized carbons (Fsp3) is 0.100. The standard InChI is InChI=1S/C8H6NO2.C2H3O2.3Y/c1-2-7-5-3-4-6-8(7)9(10)11;1-4-2-3;;;/h1-6H;1H3;;;/q2*-1;;;. The summed E-state index contributed by atoms with van der Waals surface area (Å²) in [5, 5.41) is 10.3. The maximum Gasteiger partial charge on any atom is 0.199 e. The van der Waals surface area contributed by atoms with Gasteiger partial charge in [0, 0.05) is 110 Å². The van der Waals surface area contributed by atoms with Crippen LogP contribution in [0.4, 0.5) is 5.69 Å². The van der Waals surface area contributed by atoms with Crippen molar-refractivity contribution in [3.63, 3.8) is 0 Å². The van der Waals surface area contributed by atoms with E-state index >= 15 is 0 Å². The largest absolute Gasteiger partial charge is 0.655 e. The summed E-state index contributed by atoms with van der Waals surface area (Å²) in [5.74, 6) is 0. The topological polar surface area (TPSA) is 69.4 Å². The second-order valence-electron chi connectivity index (χ2n) is 2.27. The molecule has 5 nitrogen and oxygen atoms in total. The molecule has 0 saturated heterocycles. The van der Waals surface area contributed by atoms with Crippen LogP contribution in [0.25, 0.3) is 6.08 Å². The van der Waals surface area contributed by atoms with Crippen molar-refractivity contribution >= 4 is 18.2 Å². The number of ether oxygens (including phenoxy) is 1. The maximum absolute atomic E-state index is 10.3. The molecule has 18 heavy (non-hydrogen) atoms. The molecule has 8 heteroatoms. The van der Waals surface area contributed by atoms with Crippen molar-refractivity contribution in [2.75, 3.05) is 7.11 Å². The molecule has 3 radical (unpaired) electrons. The molecule has 0 atom stereocenters. The van der Waals surface area contributed by atoms with Crippen LogP contribution in [0.3, 0.4) is 0 Å². The van der Waals surface area contributed by atoms with E-state index < -0.39 is 4.92 Å². The molecule has 0 aliphatic heterocycles. The van der Waals surface area contributed by atoms with E-state index in [2.05, 4.69) is 4.74 Å². The number of nitrogens with zero attached hydrogens (tertiary/aromatic N) is 1. The first kappa shape index (κ1) is 27.5. The van der Waals surface area contributed by atoms with Crippen LogP contribution in [0, 0.1) is 16.7 Å². The van der Waals surface area contributed by atoms with Crippen molar-refractivity contribution in [2.45, 2.75) is 0 Å². The van der Waals surface area contributed by atoms with E-state index in [1.807, 2.05) is 0 Å². The third kappa shape index (κ3) is 12.2. The first-order valence-electron chi connectivity index (χ1n) is 3.85. The first-order valence-corrected chi connectivity index (χ1v) is 3.85. The van der Waals surface area contributed by atoms with Gasteiger partial charge in [-0.25, -0.2) is 6.08 Å². The van der Waals surface area contributed by atoms with Crippen molar-refractivity contribution in [1.82, 2.24) is 0 Å². The molecule has 1 aromatic carbocycles. The zero-order valence-corrected chi connectivity index (χ0v) is 18.3. The van der Waals surface area contributed by atoms with Crippen LogP contribution in [0.5, 0.6) is 0 Å². The number of hydrogen-bond acceptors (Lipinski definition) is 4. The molecule has 89 valence electrons. The smallest absolute Gasteiger partial charge is 0.199 e. The maximum atomic E-state index is 10.3. The normalized spacial score (nSPS) is 6.72. The molecule has 0 aromatic heterocycles. The van der Waals surface area contributed by atoms with E-state index in [4.69, 9.17) is 11.4 Å². The molecule has 1 aromatic rings. The molecule has 0 heterocycles. The number of para-hydroxylation sites is 1. The Balaban J connectivity index is -0.000000125. The van der Waals surface area contributed by atoms with Gasteiger partial charge >= 0.3 is 0 Å². The van der Waals surface area contributed by atoms with Crippen LogP contribution in [-0.4, -0.2) is 18.5 Å². The molecular weight excluding hydrogens is 465 g/mol. The minimum Gasteiger partial charge on any atom is -0.655 e. The second-order valence-corrected chi connectivity index (χ2v) is 2.27. The van der Waals surface area contributed by atoms with Crippen molar-refractivity contribution in [2.24, 2.45) is 0 Å². The van der Waals surface area contributed by atoms with Crippen LogP contribution in [-0.2, 0) is 108 Å². The number of nitro benzene ring substituents is 1. The Morgan fingerprint density at radius 1 is 1.33 bits per heavy atom. The molecule has 0 unspecified atom stereocenters. The van der Waals surface area contributed by atoms with Crippen LogP contribution < -0.4 is 0 Å². The minimum absolute atomic E-state index is 0. The number of methoxy groups -OCH3 is 1. The molecule has 0 aliphatic rings. The molecule has 0 N–H and O–H groups in total. The van der Waals surface area contributed by atoms with Crippen molar-refractivity contribution in [1.29, 1.82) is 0 Å². The van der Waals surface area contributed by atoms with Gasteiger partial charge in [0.15, 0.2) is 5.69 Å². The van der Waals surface area contributed by atoms with Gasteiger partial charge in [-0.2, -0.15) is 0 Å². The molecular formula is C10H9NO4Y3-2. The van der Waals surface area contributed by atoms with E-state index in [1.54, 1.807) is 18.2 Å². The van der Waals surface area contributed by atoms with Crippen molar-refractivity contribution in [3.8, 4) is 0 Å². The van der Waals surface area contributed by atoms with E-state index in [-0.39, 0.29) is 104 Å². The molecule has 0 spiro atoms. The Morgan fingerprint density at radius 3 is 2.06 bits per heavy atom. The van der Waals surface area contributed by atoms with Crippen molar-refractivity contribution < 1.29 is 113 Å². The summed E-state index contributed by atoms with van der Waals surface area (Å²) >= 11 is 0. The van der Waals surface area contributed by atoms with Gasteiger partial charge in [0.2, 0.25) is 0 Å². The molecule has 0 amide bonds. The summed E-state index contributed by atoms with van der Waals surface area (Å²) in [7, 11) is 1.26. The fourth-order valence-corrected chi connectivity index (χ4v) is 0.795. The molecule has 0 aliphatic carbocycles. The Morgan fingerprint density at radius 2 is 1.78 bits per heavy atom. The quantitative estimate of drug-likeness (QED) is 0.381. The Labute approximate surface area is 181 Å². The average Bonchev–Trinajstić information content (AvgIpc) is 2.29. The molecule has 1 rings (SSSR count). The molecule has 0 fully saturated rings. The van der Waals surface area contributed by atoms with Gasteiger partial charge in [-0.05, 0) is 6.07 Å². The zero-order chi connectivity index (χ0) is 11.7. The Bertz CT molecular complexity index is 361. The predicted molar refractivity (Wildman–Crippen MR) is 54.6 cm³/mol. The van der Waals surface area contributed by atoms with E-state index in [0.29, 0.717) is 5.56 Å². The average molecular weight is 474 g/mol. The number of rotatable bonds is 3. The van der Waals surface area contributed by atoms with Gasteiger partial charge in [0.05, 0.1) is 0 Å². The molecule has 0 saturated carbocycles. The van der Waals surface area contributed by atoms with Crippen LogP contribution in [0.15, 0.2) is 24.3 Å². The molecule has 0 bridgehead atoms. The number of carbonyl (C=O) groups excluding carboxylic acids is 1. The third-order valence-corrected chi connectivity index (χ3v) is 1.40. The Kier molecular flexibility index (Phi) is 27.7. The van der Waals surface area contributed by atoms with Gasteiger partial charge in [-0.3, -0.25) is 16.7 Å². The van der Waals surface area contributed by atoms with Crippen LogP contribution >= 0.6 is 0 Å². The van der Waals surface area contributed by atoms with Gasteiger partial charge in [0.1, 0.15) is 0 Å². The van der Waals surface area contributed by atoms with Gasteiger partial charge in [0.25, 0.3) is 0 Å². The monoisotopic (exact) mass is 474 g/mol. The third-order valence-electron chi connectivity index (χ3n) is 1.40. The van der Waals surface area contributed by atoms with Crippen LogP contribution in [0.1, 0.15) is 5.56 Å². The van der Waals surface area contributed by atoms with Gasteiger partial charge in [-0.15, -0.1) is 6.07 Å². The SMILES string of the molecule is CO[C-]=O.[CH-]=Cc1ccccc1[N+](=O)[O-].[Y].[Y].[Y]. The summed E-state index contributed by atoms with van der Waals surface area (Å²) in [6, 6.07) is 6.31. The summed E-state index contributed by atoms with van der Waals surface area (Å²) < 4.78 is 3.74. The second kappa shape index (κ2) is 18.1. The van der Waals surface area contributed by atoms with E-state index in [1.165, 1.54) is 25.7 Å². The Hall–Kier alpha value is 1.14. The predicted octanol–water partition coefficient (Wildman–Crippen LogP) is 1.73. The van der Waals surface area contributed by atoms with Gasteiger partial charge < -0.3 is 9.53 Å². The van der Waals surface area contributed by atoms with Gasteiger partial charge in [-0.1, -0.05) is 24.2 Å². The van der Waals surface area contributed by atoms with Crippen LogP contribution in [0.2, 0.25) is 0 Å². The minimum atomic E-state index is -0.460.